The molecule has 0 saturated heterocycles. The van der Waals surface area contributed by atoms with E-state index in [1.165, 1.54) is 5.56 Å². The average molecular weight is 315 g/mol. The maximum Gasteiger partial charge on any atom is 0.165 e. The van der Waals surface area contributed by atoms with Crippen molar-refractivity contribution < 1.29 is 4.79 Å². The fraction of sp³-hybridized carbons (Fsp3) is 0.136. The third-order valence-corrected chi connectivity index (χ3v) is 4.08. The third-order valence-electron chi connectivity index (χ3n) is 4.08. The number of ketones is 1. The molecule has 1 atom stereocenters. The van der Waals surface area contributed by atoms with Crippen molar-refractivity contribution in [2.24, 2.45) is 0 Å². The van der Waals surface area contributed by atoms with Gasteiger partial charge in [-0.05, 0) is 24.6 Å². The number of anilines is 1. The molecule has 0 aliphatic carbocycles. The lowest BCUT2D eigenvalue weighted by Crippen LogP contribution is -2.15. The molecule has 0 aromatic heterocycles. The van der Waals surface area contributed by atoms with Gasteiger partial charge in [0.25, 0.3) is 0 Å². The fourth-order valence-electron chi connectivity index (χ4n) is 2.72. The molecular weight excluding hydrogens is 294 g/mol. The van der Waals surface area contributed by atoms with Crippen molar-refractivity contribution in [3.8, 4) is 0 Å². The first-order valence-corrected chi connectivity index (χ1v) is 8.19. The zero-order chi connectivity index (χ0) is 16.8. The van der Waals surface area contributed by atoms with Gasteiger partial charge < -0.3 is 5.32 Å². The first kappa shape index (κ1) is 16.0. The second-order valence-electron chi connectivity index (χ2n) is 5.97. The van der Waals surface area contributed by atoms with Crippen molar-refractivity contribution in [3.05, 3.63) is 102 Å². The summed E-state index contributed by atoms with van der Waals surface area (Å²) in [6.07, 6.45) is 0.419. The molecule has 3 aromatic carbocycles. The van der Waals surface area contributed by atoms with Gasteiger partial charge in [-0.3, -0.25) is 4.79 Å². The molecule has 0 amide bonds. The normalized spacial score (nSPS) is 11.7. The number of carbonyl (C=O) groups is 1. The molecule has 3 aromatic rings. The molecule has 2 heteroatoms. The van der Waals surface area contributed by atoms with E-state index in [1.807, 2.05) is 48.5 Å². The van der Waals surface area contributed by atoms with Crippen molar-refractivity contribution in [3.63, 3.8) is 0 Å². The summed E-state index contributed by atoms with van der Waals surface area (Å²) >= 11 is 0. The smallest absolute Gasteiger partial charge is 0.165 e. The van der Waals surface area contributed by atoms with Crippen molar-refractivity contribution in [1.82, 2.24) is 0 Å². The van der Waals surface area contributed by atoms with Gasteiger partial charge in [0.15, 0.2) is 5.78 Å². The Hall–Kier alpha value is -2.87. The van der Waals surface area contributed by atoms with E-state index in [0.29, 0.717) is 6.42 Å². The van der Waals surface area contributed by atoms with Gasteiger partial charge in [0.1, 0.15) is 0 Å². The standard InChI is InChI=1S/C22H21NO/c1-17-12-14-20(15-13-17)23-21(18-8-4-2-5-9-18)16-22(24)19-10-6-3-7-11-19/h2-15,21,23H,16H2,1H3/t21-/m1/s1. The van der Waals surface area contributed by atoms with Crippen LogP contribution in [0.5, 0.6) is 0 Å². The zero-order valence-electron chi connectivity index (χ0n) is 13.8. The monoisotopic (exact) mass is 315 g/mol. The summed E-state index contributed by atoms with van der Waals surface area (Å²) in [5, 5.41) is 3.50. The Morgan fingerprint density at radius 3 is 2.04 bits per heavy atom. The number of rotatable bonds is 6. The highest BCUT2D eigenvalue weighted by atomic mass is 16.1. The maximum atomic E-state index is 12.6. The Balaban J connectivity index is 1.82. The van der Waals surface area contributed by atoms with Crippen LogP contribution in [0.4, 0.5) is 5.69 Å². The molecule has 0 heterocycles. The van der Waals surface area contributed by atoms with E-state index in [0.717, 1.165) is 16.8 Å². The minimum Gasteiger partial charge on any atom is -0.378 e. The summed E-state index contributed by atoms with van der Waals surface area (Å²) in [7, 11) is 0. The van der Waals surface area contributed by atoms with Crippen LogP contribution in [-0.4, -0.2) is 5.78 Å². The van der Waals surface area contributed by atoms with Gasteiger partial charge >= 0.3 is 0 Å². The summed E-state index contributed by atoms with van der Waals surface area (Å²) in [6, 6.07) is 27.8. The van der Waals surface area contributed by atoms with Gasteiger partial charge in [0.2, 0.25) is 0 Å². The minimum atomic E-state index is -0.0541. The highest BCUT2D eigenvalue weighted by Crippen LogP contribution is 2.24. The Labute approximate surface area is 143 Å². The van der Waals surface area contributed by atoms with Crippen LogP contribution >= 0.6 is 0 Å². The van der Waals surface area contributed by atoms with E-state index in [2.05, 4.69) is 48.6 Å². The SMILES string of the molecule is Cc1ccc(N[C@H](CC(=O)c2ccccc2)c2ccccc2)cc1. The van der Waals surface area contributed by atoms with Crippen LogP contribution in [-0.2, 0) is 0 Å². The molecule has 0 radical (unpaired) electrons. The molecule has 0 aliphatic heterocycles. The average Bonchev–Trinajstić information content (AvgIpc) is 2.64. The van der Waals surface area contributed by atoms with Crippen LogP contribution in [0.2, 0.25) is 0 Å². The molecule has 24 heavy (non-hydrogen) atoms. The number of nitrogens with one attached hydrogen (secondary N) is 1. The highest BCUT2D eigenvalue weighted by molar-refractivity contribution is 5.96. The van der Waals surface area contributed by atoms with Crippen LogP contribution in [0.15, 0.2) is 84.9 Å². The molecule has 120 valence electrons. The molecule has 0 fully saturated rings. The van der Waals surface area contributed by atoms with Crippen LogP contribution < -0.4 is 5.32 Å². The van der Waals surface area contributed by atoms with Gasteiger partial charge in [0, 0.05) is 17.7 Å². The number of hydrogen-bond donors (Lipinski definition) is 1. The summed E-state index contributed by atoms with van der Waals surface area (Å²) in [5.41, 5.74) is 4.11. The van der Waals surface area contributed by atoms with Gasteiger partial charge in [-0.25, -0.2) is 0 Å². The van der Waals surface area contributed by atoms with Crippen molar-refractivity contribution >= 4 is 11.5 Å². The largest absolute Gasteiger partial charge is 0.378 e. The molecule has 0 bridgehead atoms. The van der Waals surface area contributed by atoms with E-state index < -0.39 is 0 Å². The zero-order valence-corrected chi connectivity index (χ0v) is 13.8. The topological polar surface area (TPSA) is 29.1 Å². The highest BCUT2D eigenvalue weighted by Gasteiger charge is 2.17. The lowest BCUT2D eigenvalue weighted by atomic mass is 9.97. The lowest BCUT2D eigenvalue weighted by Gasteiger charge is -2.20. The van der Waals surface area contributed by atoms with Gasteiger partial charge in [0.05, 0.1) is 6.04 Å². The molecular formula is C22H21NO. The first-order chi connectivity index (χ1) is 11.7. The minimum absolute atomic E-state index is 0.0541. The summed E-state index contributed by atoms with van der Waals surface area (Å²) in [4.78, 5) is 12.6. The number of aryl methyl sites for hydroxylation is 1. The fourth-order valence-corrected chi connectivity index (χ4v) is 2.72. The summed E-state index contributed by atoms with van der Waals surface area (Å²) in [5.74, 6) is 0.143. The molecule has 1 N–H and O–H groups in total. The Bertz CT molecular complexity index is 779. The number of hydrogen-bond acceptors (Lipinski definition) is 2. The molecule has 2 nitrogen and oxygen atoms in total. The number of Topliss-reactive ketones (excluding diaryl/α,β-unsaturated/α-hetero) is 1. The number of benzene rings is 3. The molecule has 0 unspecified atom stereocenters. The maximum absolute atomic E-state index is 12.6. The predicted molar refractivity (Wildman–Crippen MR) is 99.4 cm³/mol. The second-order valence-corrected chi connectivity index (χ2v) is 5.97. The van der Waals surface area contributed by atoms with E-state index in [1.54, 1.807) is 0 Å². The van der Waals surface area contributed by atoms with Crippen LogP contribution in [0, 0.1) is 6.92 Å². The van der Waals surface area contributed by atoms with Gasteiger partial charge in [-0.1, -0.05) is 78.4 Å². The van der Waals surface area contributed by atoms with Crippen molar-refractivity contribution in [1.29, 1.82) is 0 Å². The van der Waals surface area contributed by atoms with Crippen molar-refractivity contribution in [2.75, 3.05) is 5.32 Å². The Morgan fingerprint density at radius 2 is 1.42 bits per heavy atom. The van der Waals surface area contributed by atoms with Gasteiger partial charge in [-0.2, -0.15) is 0 Å². The molecule has 0 aliphatic rings. The molecule has 3 rings (SSSR count). The van der Waals surface area contributed by atoms with Crippen LogP contribution in [0.1, 0.15) is 33.9 Å². The van der Waals surface area contributed by atoms with E-state index in [9.17, 15) is 4.79 Å². The molecule has 0 spiro atoms. The van der Waals surface area contributed by atoms with E-state index in [-0.39, 0.29) is 11.8 Å². The Morgan fingerprint density at radius 1 is 0.833 bits per heavy atom. The Kier molecular flexibility index (Phi) is 5.07. The quantitative estimate of drug-likeness (QED) is 0.615. The predicted octanol–water partition coefficient (Wildman–Crippen LogP) is 5.42. The van der Waals surface area contributed by atoms with Crippen LogP contribution in [0.25, 0.3) is 0 Å². The van der Waals surface area contributed by atoms with Crippen molar-refractivity contribution in [2.45, 2.75) is 19.4 Å². The van der Waals surface area contributed by atoms with E-state index >= 15 is 0 Å². The van der Waals surface area contributed by atoms with Crippen LogP contribution in [0.3, 0.4) is 0 Å². The lowest BCUT2D eigenvalue weighted by molar-refractivity contribution is 0.0976. The second kappa shape index (κ2) is 7.60. The van der Waals surface area contributed by atoms with Gasteiger partial charge in [-0.15, -0.1) is 0 Å². The third kappa shape index (κ3) is 4.11. The summed E-state index contributed by atoms with van der Waals surface area (Å²) in [6.45, 7) is 2.07. The number of carbonyl (C=O) groups excluding carboxylic acids is 1. The van der Waals surface area contributed by atoms with E-state index in [4.69, 9.17) is 0 Å². The molecule has 0 saturated carbocycles. The summed E-state index contributed by atoms with van der Waals surface area (Å²) < 4.78 is 0. The first-order valence-electron chi connectivity index (χ1n) is 8.19.